The number of carbonyl (C=O) groups excluding carboxylic acids is 1. The Morgan fingerprint density at radius 3 is 2.30 bits per heavy atom. The molecular formula is C19H20N2O5S. The molecular weight excluding hydrogens is 368 g/mol. The first-order valence-corrected chi connectivity index (χ1v) is 9.10. The minimum Gasteiger partial charge on any atom is -0.481 e. The predicted octanol–water partition coefficient (Wildman–Crippen LogP) is 3.23. The van der Waals surface area contributed by atoms with E-state index in [4.69, 9.17) is 0 Å². The number of benzene rings is 2. The summed E-state index contributed by atoms with van der Waals surface area (Å²) in [5.41, 5.74) is -0.653. The van der Waals surface area contributed by atoms with Gasteiger partial charge in [0.25, 0.3) is 5.69 Å². The van der Waals surface area contributed by atoms with E-state index in [9.17, 15) is 24.8 Å². The van der Waals surface area contributed by atoms with E-state index in [1.807, 2.05) is 0 Å². The zero-order valence-electron chi connectivity index (χ0n) is 14.9. The van der Waals surface area contributed by atoms with Gasteiger partial charge in [-0.3, -0.25) is 19.7 Å². The fourth-order valence-corrected chi connectivity index (χ4v) is 3.31. The smallest absolute Gasteiger partial charge is 0.315 e. The second kappa shape index (κ2) is 8.68. The molecule has 1 amide bonds. The van der Waals surface area contributed by atoms with E-state index in [1.165, 1.54) is 23.9 Å². The maximum Gasteiger partial charge on any atom is 0.315 e. The largest absolute Gasteiger partial charge is 0.481 e. The molecule has 2 aromatic rings. The summed E-state index contributed by atoms with van der Waals surface area (Å²) < 4.78 is 0. The number of amides is 1. The van der Waals surface area contributed by atoms with Gasteiger partial charge in [-0.25, -0.2) is 0 Å². The quantitative estimate of drug-likeness (QED) is 0.408. The monoisotopic (exact) mass is 388 g/mol. The molecule has 8 heteroatoms. The SMILES string of the molecule is CC(Sc1ccc([N+](=O)[O-])cc1)C(=O)NCC(C)(C(=O)O)c1ccccc1. The van der Waals surface area contributed by atoms with Crippen molar-refractivity contribution in [2.45, 2.75) is 29.4 Å². The highest BCUT2D eigenvalue weighted by Crippen LogP contribution is 2.27. The van der Waals surface area contributed by atoms with Gasteiger partial charge in [-0.2, -0.15) is 0 Å². The molecule has 0 saturated heterocycles. The lowest BCUT2D eigenvalue weighted by Crippen LogP contribution is -2.46. The van der Waals surface area contributed by atoms with E-state index in [2.05, 4.69) is 5.32 Å². The molecule has 0 aliphatic heterocycles. The number of non-ortho nitro benzene ring substituents is 1. The molecule has 0 radical (unpaired) electrons. The number of nitro groups is 1. The van der Waals surface area contributed by atoms with Crippen molar-refractivity contribution >= 4 is 29.3 Å². The Bertz CT molecular complexity index is 826. The van der Waals surface area contributed by atoms with Gasteiger partial charge in [-0.15, -0.1) is 11.8 Å². The van der Waals surface area contributed by atoms with E-state index in [1.54, 1.807) is 56.3 Å². The minimum atomic E-state index is -1.24. The number of carboxylic acids is 1. The summed E-state index contributed by atoms with van der Waals surface area (Å²) in [5.74, 6) is -1.33. The van der Waals surface area contributed by atoms with Gasteiger partial charge < -0.3 is 10.4 Å². The van der Waals surface area contributed by atoms with Gasteiger partial charge in [-0.1, -0.05) is 30.3 Å². The van der Waals surface area contributed by atoms with Crippen LogP contribution >= 0.6 is 11.8 Å². The van der Waals surface area contributed by atoms with Crippen molar-refractivity contribution < 1.29 is 19.6 Å². The number of nitrogens with one attached hydrogen (secondary N) is 1. The third-order valence-electron chi connectivity index (χ3n) is 4.23. The van der Waals surface area contributed by atoms with Crippen LogP contribution in [-0.4, -0.2) is 33.7 Å². The van der Waals surface area contributed by atoms with Crippen LogP contribution in [0.2, 0.25) is 0 Å². The first-order valence-electron chi connectivity index (χ1n) is 8.22. The topological polar surface area (TPSA) is 110 Å². The number of rotatable bonds is 8. The first-order chi connectivity index (χ1) is 12.7. The molecule has 2 atom stereocenters. The van der Waals surface area contributed by atoms with Crippen molar-refractivity contribution in [1.29, 1.82) is 0 Å². The normalized spacial score (nSPS) is 14.0. The average Bonchev–Trinajstić information content (AvgIpc) is 2.66. The van der Waals surface area contributed by atoms with Crippen LogP contribution in [0.15, 0.2) is 59.5 Å². The Hall–Kier alpha value is -2.87. The summed E-state index contributed by atoms with van der Waals surface area (Å²) in [6, 6.07) is 14.7. The summed E-state index contributed by atoms with van der Waals surface area (Å²) >= 11 is 1.24. The number of aliphatic carboxylic acids is 1. The van der Waals surface area contributed by atoms with Gasteiger partial charge in [0.15, 0.2) is 0 Å². The molecule has 0 bridgehead atoms. The lowest BCUT2D eigenvalue weighted by atomic mass is 9.82. The Morgan fingerprint density at radius 1 is 1.19 bits per heavy atom. The Morgan fingerprint density at radius 2 is 1.78 bits per heavy atom. The maximum absolute atomic E-state index is 12.4. The molecule has 0 heterocycles. The van der Waals surface area contributed by atoms with Crippen LogP contribution in [0.5, 0.6) is 0 Å². The molecule has 27 heavy (non-hydrogen) atoms. The van der Waals surface area contributed by atoms with Gasteiger partial charge in [0.1, 0.15) is 5.41 Å². The third-order valence-corrected chi connectivity index (χ3v) is 5.34. The molecule has 0 aliphatic carbocycles. The van der Waals surface area contributed by atoms with Crippen molar-refractivity contribution in [1.82, 2.24) is 5.32 Å². The molecule has 2 unspecified atom stereocenters. The number of carbonyl (C=O) groups is 2. The Labute approximate surface area is 160 Å². The van der Waals surface area contributed by atoms with Crippen molar-refractivity contribution in [3.05, 3.63) is 70.3 Å². The van der Waals surface area contributed by atoms with Gasteiger partial charge >= 0.3 is 5.97 Å². The van der Waals surface area contributed by atoms with E-state index in [-0.39, 0.29) is 18.1 Å². The van der Waals surface area contributed by atoms with Gasteiger partial charge in [0.05, 0.1) is 10.2 Å². The van der Waals surface area contributed by atoms with Gasteiger partial charge in [0.2, 0.25) is 5.91 Å². The van der Waals surface area contributed by atoms with Crippen LogP contribution in [0.1, 0.15) is 19.4 Å². The summed E-state index contributed by atoms with van der Waals surface area (Å²) in [6.07, 6.45) is 0. The molecule has 0 spiro atoms. The summed E-state index contributed by atoms with van der Waals surface area (Å²) in [6.45, 7) is 3.22. The molecule has 0 aromatic heterocycles. The zero-order valence-corrected chi connectivity index (χ0v) is 15.7. The lowest BCUT2D eigenvalue weighted by molar-refractivity contribution is -0.384. The van der Waals surface area contributed by atoms with E-state index in [0.29, 0.717) is 10.5 Å². The summed E-state index contributed by atoms with van der Waals surface area (Å²) in [5, 5.41) is 22.5. The molecule has 0 aliphatic rings. The third kappa shape index (κ3) is 5.07. The fourth-order valence-electron chi connectivity index (χ4n) is 2.42. The number of hydrogen-bond acceptors (Lipinski definition) is 5. The van der Waals surface area contributed by atoms with Crippen LogP contribution in [0, 0.1) is 10.1 Å². The van der Waals surface area contributed by atoms with Crippen LogP contribution in [-0.2, 0) is 15.0 Å². The summed E-state index contributed by atoms with van der Waals surface area (Å²) in [4.78, 5) is 35.1. The summed E-state index contributed by atoms with van der Waals surface area (Å²) in [7, 11) is 0. The maximum atomic E-state index is 12.4. The average molecular weight is 388 g/mol. The standard InChI is InChI=1S/C19H20N2O5S/c1-13(27-16-10-8-15(9-11-16)21(25)26)17(22)20-12-19(2,18(23)24)14-6-4-3-5-7-14/h3-11,13H,12H2,1-2H3,(H,20,22)(H,23,24). The number of nitro benzene ring substituents is 1. The van der Waals surface area contributed by atoms with Crippen molar-refractivity contribution in [3.63, 3.8) is 0 Å². The Balaban J connectivity index is 2.00. The Kier molecular flexibility index (Phi) is 6.57. The number of thioether (sulfide) groups is 1. The van der Waals surface area contributed by atoms with Crippen molar-refractivity contribution in [2.24, 2.45) is 0 Å². The molecule has 0 saturated carbocycles. The number of hydrogen-bond donors (Lipinski definition) is 2. The van der Waals surface area contributed by atoms with Gasteiger partial charge in [-0.05, 0) is 31.5 Å². The van der Waals surface area contributed by atoms with E-state index in [0.717, 1.165) is 0 Å². The molecule has 2 N–H and O–H groups in total. The highest BCUT2D eigenvalue weighted by atomic mass is 32.2. The second-order valence-electron chi connectivity index (χ2n) is 6.23. The highest BCUT2D eigenvalue weighted by Gasteiger charge is 2.35. The zero-order chi connectivity index (χ0) is 20.0. The van der Waals surface area contributed by atoms with Crippen LogP contribution in [0.4, 0.5) is 5.69 Å². The highest BCUT2D eigenvalue weighted by molar-refractivity contribution is 8.00. The van der Waals surface area contributed by atoms with Crippen molar-refractivity contribution in [3.8, 4) is 0 Å². The van der Waals surface area contributed by atoms with E-state index < -0.39 is 21.6 Å². The van der Waals surface area contributed by atoms with Crippen LogP contribution in [0.25, 0.3) is 0 Å². The fraction of sp³-hybridized carbons (Fsp3) is 0.263. The van der Waals surface area contributed by atoms with E-state index >= 15 is 0 Å². The number of carboxylic acid groups (broad SMARTS) is 1. The molecule has 0 fully saturated rings. The molecule has 2 rings (SSSR count). The molecule has 2 aromatic carbocycles. The van der Waals surface area contributed by atoms with Crippen LogP contribution in [0.3, 0.4) is 0 Å². The minimum absolute atomic E-state index is 0.0171. The molecule has 142 valence electrons. The predicted molar refractivity (Wildman–Crippen MR) is 103 cm³/mol. The second-order valence-corrected chi connectivity index (χ2v) is 7.65. The first kappa shape index (κ1) is 20.4. The lowest BCUT2D eigenvalue weighted by Gasteiger charge is -2.26. The molecule has 7 nitrogen and oxygen atoms in total. The van der Waals surface area contributed by atoms with Crippen molar-refractivity contribution in [2.75, 3.05) is 6.54 Å². The number of nitrogens with zero attached hydrogens (tertiary/aromatic N) is 1. The van der Waals surface area contributed by atoms with Crippen LogP contribution < -0.4 is 5.32 Å². The van der Waals surface area contributed by atoms with Gasteiger partial charge in [0, 0.05) is 23.6 Å².